The Morgan fingerprint density at radius 1 is 0.795 bits per heavy atom. The molecule has 0 aliphatic carbocycles. The number of unbranched alkanes of at least 4 members (excludes halogenated alkanes) is 6. The molecule has 0 spiro atoms. The number of nitrogens with two attached hydrogens (primary N) is 1. The first kappa shape index (κ1) is 37.5. The van der Waals surface area contributed by atoms with E-state index in [4.69, 9.17) is 24.3 Å². The zero-order chi connectivity index (χ0) is 28.9. The van der Waals surface area contributed by atoms with E-state index in [1.54, 1.807) is 0 Å². The van der Waals surface area contributed by atoms with E-state index in [0.29, 0.717) is 13.0 Å². The summed E-state index contributed by atoms with van der Waals surface area (Å²) >= 11 is 0. The standard InChI is InChI=1S/C30H54NO7P/c1-3-5-7-9-10-11-12-13-14-15-16-17-18-19-20-22-25-35-27-29(28-37-39(33,34)36-26-24-31)38-30(32)23-21-8-6-4-2/h5,7,10-11,13-14,16-17,29H,3-4,6,8-9,12,15,18-28,31H2,1-2H3,(H,33,34)/b7-5-,11-10-,14-13-,17-16-. The molecule has 0 saturated heterocycles. The van der Waals surface area contributed by atoms with Gasteiger partial charge < -0.3 is 20.1 Å². The van der Waals surface area contributed by atoms with Crippen LogP contribution in [-0.4, -0.2) is 49.9 Å². The van der Waals surface area contributed by atoms with Gasteiger partial charge in [0.05, 0.1) is 19.8 Å². The Morgan fingerprint density at radius 2 is 1.44 bits per heavy atom. The molecule has 0 heterocycles. The van der Waals surface area contributed by atoms with Crippen LogP contribution in [0.5, 0.6) is 0 Å². The van der Waals surface area contributed by atoms with Crippen LogP contribution in [0.4, 0.5) is 0 Å². The summed E-state index contributed by atoms with van der Waals surface area (Å²) in [5, 5.41) is 0. The number of allylic oxidation sites excluding steroid dienone is 8. The highest BCUT2D eigenvalue weighted by Gasteiger charge is 2.25. The summed E-state index contributed by atoms with van der Waals surface area (Å²) in [5.74, 6) is -0.364. The molecule has 8 nitrogen and oxygen atoms in total. The molecule has 0 aliphatic rings. The monoisotopic (exact) mass is 571 g/mol. The number of rotatable bonds is 27. The molecule has 0 aromatic heterocycles. The number of ether oxygens (including phenoxy) is 2. The van der Waals surface area contributed by atoms with Crippen LogP contribution in [0.1, 0.15) is 97.3 Å². The summed E-state index contributed by atoms with van der Waals surface area (Å²) in [4.78, 5) is 21.9. The largest absolute Gasteiger partial charge is 0.472 e. The van der Waals surface area contributed by atoms with E-state index in [0.717, 1.165) is 77.0 Å². The third-order valence-electron chi connectivity index (χ3n) is 5.51. The molecule has 0 radical (unpaired) electrons. The van der Waals surface area contributed by atoms with Crippen LogP contribution in [0.2, 0.25) is 0 Å². The lowest BCUT2D eigenvalue weighted by molar-refractivity contribution is -0.154. The third-order valence-corrected chi connectivity index (χ3v) is 6.49. The van der Waals surface area contributed by atoms with Crippen molar-refractivity contribution < 1.29 is 32.8 Å². The number of hydrogen-bond donors (Lipinski definition) is 2. The highest BCUT2D eigenvalue weighted by Crippen LogP contribution is 2.43. The van der Waals surface area contributed by atoms with Crippen LogP contribution in [0.3, 0.4) is 0 Å². The van der Waals surface area contributed by atoms with Crippen LogP contribution in [0, 0.1) is 0 Å². The molecule has 9 heteroatoms. The first-order chi connectivity index (χ1) is 18.9. The summed E-state index contributed by atoms with van der Waals surface area (Å²) in [5.41, 5.74) is 5.29. The van der Waals surface area contributed by atoms with E-state index in [1.807, 2.05) is 0 Å². The van der Waals surface area contributed by atoms with E-state index in [9.17, 15) is 14.3 Å². The van der Waals surface area contributed by atoms with Gasteiger partial charge in [0.25, 0.3) is 0 Å². The smallest absolute Gasteiger partial charge is 0.457 e. The molecular weight excluding hydrogens is 517 g/mol. The maximum atomic E-state index is 12.2. The van der Waals surface area contributed by atoms with Crippen molar-refractivity contribution in [1.82, 2.24) is 0 Å². The quantitative estimate of drug-likeness (QED) is 0.0455. The van der Waals surface area contributed by atoms with Gasteiger partial charge in [0.1, 0.15) is 6.10 Å². The van der Waals surface area contributed by atoms with E-state index >= 15 is 0 Å². The Kier molecular flexibility index (Phi) is 26.9. The van der Waals surface area contributed by atoms with Crippen LogP contribution in [0.25, 0.3) is 0 Å². The van der Waals surface area contributed by atoms with Gasteiger partial charge in [-0.05, 0) is 51.4 Å². The summed E-state index contributed by atoms with van der Waals surface area (Å²) in [6.45, 7) is 4.55. The summed E-state index contributed by atoms with van der Waals surface area (Å²) in [7, 11) is -4.26. The lowest BCUT2D eigenvalue weighted by atomic mass is 10.1. The van der Waals surface area contributed by atoms with Gasteiger partial charge in [-0.15, -0.1) is 0 Å². The normalized spacial score (nSPS) is 14.7. The van der Waals surface area contributed by atoms with Crippen LogP contribution in [0.15, 0.2) is 48.6 Å². The summed E-state index contributed by atoms with van der Waals surface area (Å²) in [6.07, 6.45) is 28.9. The average molecular weight is 572 g/mol. The predicted molar refractivity (Wildman–Crippen MR) is 159 cm³/mol. The molecule has 0 aliphatic heterocycles. The number of hydrogen-bond acceptors (Lipinski definition) is 7. The van der Waals surface area contributed by atoms with Crippen molar-refractivity contribution in [3.63, 3.8) is 0 Å². The first-order valence-corrected chi connectivity index (χ1v) is 16.1. The minimum Gasteiger partial charge on any atom is -0.457 e. The molecule has 0 bridgehead atoms. The Balaban J connectivity index is 4.12. The van der Waals surface area contributed by atoms with E-state index in [1.165, 1.54) is 0 Å². The van der Waals surface area contributed by atoms with Gasteiger partial charge in [-0.2, -0.15) is 0 Å². The fourth-order valence-electron chi connectivity index (χ4n) is 3.40. The average Bonchev–Trinajstić information content (AvgIpc) is 2.92. The summed E-state index contributed by atoms with van der Waals surface area (Å²) in [6, 6.07) is 0. The molecule has 39 heavy (non-hydrogen) atoms. The zero-order valence-electron chi connectivity index (χ0n) is 24.3. The SMILES string of the molecule is CC/C=C\C/C=C\C/C=C\C/C=C\CCCCCOCC(COP(=O)(O)OCCN)OC(=O)CCCCCC. The van der Waals surface area contributed by atoms with E-state index < -0.39 is 13.9 Å². The number of esters is 1. The fourth-order valence-corrected chi connectivity index (χ4v) is 4.16. The van der Waals surface area contributed by atoms with Gasteiger partial charge in [0.2, 0.25) is 0 Å². The molecule has 2 unspecified atom stereocenters. The molecule has 0 saturated carbocycles. The van der Waals surface area contributed by atoms with Crippen LogP contribution in [-0.2, 0) is 27.9 Å². The van der Waals surface area contributed by atoms with Crippen molar-refractivity contribution in [2.75, 3.05) is 33.0 Å². The number of phosphoric ester groups is 1. The second kappa shape index (κ2) is 28.0. The molecular formula is C30H54NO7P. The van der Waals surface area contributed by atoms with Crippen molar-refractivity contribution in [3.8, 4) is 0 Å². The van der Waals surface area contributed by atoms with Gasteiger partial charge in [-0.1, -0.05) is 88.1 Å². The van der Waals surface area contributed by atoms with E-state index in [-0.39, 0.29) is 32.3 Å². The number of carbonyl (C=O) groups is 1. The van der Waals surface area contributed by atoms with Gasteiger partial charge in [-0.3, -0.25) is 13.8 Å². The Morgan fingerprint density at radius 3 is 2.08 bits per heavy atom. The van der Waals surface area contributed by atoms with Gasteiger partial charge in [-0.25, -0.2) is 4.57 Å². The maximum Gasteiger partial charge on any atom is 0.472 e. The molecule has 226 valence electrons. The van der Waals surface area contributed by atoms with Crippen LogP contribution >= 0.6 is 7.82 Å². The van der Waals surface area contributed by atoms with E-state index in [2.05, 4.69) is 62.5 Å². The van der Waals surface area contributed by atoms with Crippen molar-refractivity contribution in [1.29, 1.82) is 0 Å². The molecule has 2 atom stereocenters. The molecule has 3 N–H and O–H groups in total. The minimum atomic E-state index is -4.26. The molecule has 0 fully saturated rings. The lowest BCUT2D eigenvalue weighted by Gasteiger charge is -2.20. The first-order valence-electron chi connectivity index (χ1n) is 14.6. The third kappa shape index (κ3) is 27.8. The van der Waals surface area contributed by atoms with Crippen molar-refractivity contribution >= 4 is 13.8 Å². The van der Waals surface area contributed by atoms with Gasteiger partial charge >= 0.3 is 13.8 Å². The van der Waals surface area contributed by atoms with Gasteiger partial charge in [0.15, 0.2) is 0 Å². The second-order valence-corrected chi connectivity index (χ2v) is 10.7. The summed E-state index contributed by atoms with van der Waals surface area (Å²) < 4.78 is 32.7. The highest BCUT2D eigenvalue weighted by atomic mass is 31.2. The Hall–Kier alpha value is -1.54. The number of carbonyl (C=O) groups excluding carboxylic acids is 1. The van der Waals surface area contributed by atoms with Crippen molar-refractivity contribution in [2.45, 2.75) is 103 Å². The highest BCUT2D eigenvalue weighted by molar-refractivity contribution is 7.47. The molecule has 0 rings (SSSR count). The minimum absolute atomic E-state index is 0.0917. The molecule has 0 amide bonds. The predicted octanol–water partition coefficient (Wildman–Crippen LogP) is 7.34. The van der Waals surface area contributed by atoms with Crippen molar-refractivity contribution in [2.24, 2.45) is 5.73 Å². The van der Waals surface area contributed by atoms with Crippen LogP contribution < -0.4 is 5.73 Å². The Labute approximate surface area is 237 Å². The van der Waals surface area contributed by atoms with Gasteiger partial charge in [0, 0.05) is 19.6 Å². The second-order valence-electron chi connectivity index (χ2n) is 9.23. The Bertz CT molecular complexity index is 737. The maximum absolute atomic E-state index is 12.2. The lowest BCUT2D eigenvalue weighted by Crippen LogP contribution is -2.28. The molecule has 0 aromatic carbocycles. The molecule has 0 aromatic rings. The zero-order valence-corrected chi connectivity index (χ0v) is 25.2. The fraction of sp³-hybridized carbons (Fsp3) is 0.700. The topological polar surface area (TPSA) is 117 Å². The van der Waals surface area contributed by atoms with Crippen molar-refractivity contribution in [3.05, 3.63) is 48.6 Å². The number of phosphoric acid groups is 1.